The van der Waals surface area contributed by atoms with E-state index in [9.17, 15) is 0 Å². The molecule has 0 amide bonds. The Hall–Kier alpha value is -1.10. The molecule has 3 aliphatic heterocycles. The van der Waals surface area contributed by atoms with Gasteiger partial charge in [0.2, 0.25) is 0 Å². The molecule has 21 heavy (non-hydrogen) atoms. The number of likely N-dealkylation sites (N-methyl/N-ethyl adjacent to an activating group) is 1. The molecule has 1 aromatic carbocycles. The van der Waals surface area contributed by atoms with Crippen molar-refractivity contribution >= 4 is 0 Å². The number of hydrogen-bond donors (Lipinski definition) is 1. The summed E-state index contributed by atoms with van der Waals surface area (Å²) in [6.45, 7) is 11.3. The average molecular weight is 289 g/mol. The highest BCUT2D eigenvalue weighted by atomic mass is 16.5. The first-order valence-electron chi connectivity index (χ1n) is 8.07. The van der Waals surface area contributed by atoms with Gasteiger partial charge in [-0.3, -0.25) is 9.80 Å². The Balaban J connectivity index is 1.92. The Labute approximate surface area is 128 Å². The molecule has 4 nitrogen and oxygen atoms in total. The lowest BCUT2D eigenvalue weighted by Crippen LogP contribution is -2.64. The topological polar surface area (TPSA) is 27.7 Å². The maximum atomic E-state index is 5.63. The normalized spacial score (nSPS) is 29.4. The van der Waals surface area contributed by atoms with Crippen molar-refractivity contribution in [3.8, 4) is 5.75 Å². The number of hydrogen-bond acceptors (Lipinski definition) is 4. The predicted octanol–water partition coefficient (Wildman–Crippen LogP) is 1.65. The van der Waals surface area contributed by atoms with E-state index in [1.54, 1.807) is 7.11 Å². The van der Waals surface area contributed by atoms with E-state index in [2.05, 4.69) is 47.2 Å². The summed E-state index contributed by atoms with van der Waals surface area (Å²) >= 11 is 0. The maximum absolute atomic E-state index is 5.63. The van der Waals surface area contributed by atoms with Crippen LogP contribution in [0.4, 0.5) is 0 Å². The Morgan fingerprint density at radius 2 is 2.05 bits per heavy atom. The van der Waals surface area contributed by atoms with E-state index in [0.29, 0.717) is 12.1 Å². The van der Waals surface area contributed by atoms with Gasteiger partial charge in [0.15, 0.2) is 0 Å². The first-order valence-corrected chi connectivity index (χ1v) is 8.07. The maximum Gasteiger partial charge on any atom is 0.123 e. The molecule has 0 radical (unpaired) electrons. The van der Waals surface area contributed by atoms with Gasteiger partial charge in [-0.1, -0.05) is 24.6 Å². The molecule has 4 rings (SSSR count). The Bertz CT molecular complexity index is 483. The largest absolute Gasteiger partial charge is 0.496 e. The van der Waals surface area contributed by atoms with Gasteiger partial charge in [-0.25, -0.2) is 0 Å². The quantitative estimate of drug-likeness (QED) is 0.892. The summed E-state index contributed by atoms with van der Waals surface area (Å²) in [5.41, 5.74) is 2.60. The predicted molar refractivity (Wildman–Crippen MR) is 85.9 cm³/mol. The highest BCUT2D eigenvalue weighted by Gasteiger charge is 2.37. The number of aryl methyl sites for hydroxylation is 1. The van der Waals surface area contributed by atoms with Gasteiger partial charge in [-0.05, 0) is 19.5 Å². The van der Waals surface area contributed by atoms with Gasteiger partial charge in [0.25, 0.3) is 0 Å². The minimum absolute atomic E-state index is 0.341. The fourth-order valence-corrected chi connectivity index (χ4v) is 3.74. The molecule has 116 valence electrons. The summed E-state index contributed by atoms with van der Waals surface area (Å²) < 4.78 is 5.63. The van der Waals surface area contributed by atoms with Crippen LogP contribution >= 0.6 is 0 Å². The number of fused-ring (bicyclic) bond motifs is 3. The molecule has 1 N–H and O–H groups in total. The number of methoxy groups -OCH3 is 1. The Morgan fingerprint density at radius 1 is 1.29 bits per heavy atom. The molecule has 0 aliphatic carbocycles. The molecule has 3 fully saturated rings. The third kappa shape index (κ3) is 2.93. The number of rotatable bonds is 5. The van der Waals surface area contributed by atoms with Crippen molar-refractivity contribution in [2.24, 2.45) is 0 Å². The van der Waals surface area contributed by atoms with Crippen LogP contribution in [0, 0.1) is 6.92 Å². The third-order valence-electron chi connectivity index (χ3n) is 4.85. The average Bonchev–Trinajstić information content (AvgIpc) is 2.53. The van der Waals surface area contributed by atoms with E-state index in [-0.39, 0.29) is 0 Å². The second-order valence-corrected chi connectivity index (χ2v) is 6.18. The summed E-state index contributed by atoms with van der Waals surface area (Å²) in [7, 11) is 1.77. The van der Waals surface area contributed by atoms with E-state index in [1.165, 1.54) is 37.3 Å². The summed E-state index contributed by atoms with van der Waals surface area (Å²) in [4.78, 5) is 5.24. The number of ether oxygens (including phenoxy) is 1. The summed E-state index contributed by atoms with van der Waals surface area (Å²) in [6, 6.07) is 7.40. The molecular weight excluding hydrogens is 262 g/mol. The van der Waals surface area contributed by atoms with Crippen LogP contribution in [-0.4, -0.2) is 62.2 Å². The molecule has 2 atom stereocenters. The minimum Gasteiger partial charge on any atom is -0.496 e. The van der Waals surface area contributed by atoms with Crippen molar-refractivity contribution in [1.29, 1.82) is 0 Å². The second kappa shape index (κ2) is 6.34. The van der Waals surface area contributed by atoms with Crippen LogP contribution in [0.5, 0.6) is 5.75 Å². The van der Waals surface area contributed by atoms with Gasteiger partial charge in [0.05, 0.1) is 13.2 Å². The van der Waals surface area contributed by atoms with Crippen molar-refractivity contribution in [2.75, 3.05) is 46.4 Å². The van der Waals surface area contributed by atoms with Gasteiger partial charge >= 0.3 is 0 Å². The van der Waals surface area contributed by atoms with E-state index < -0.39 is 0 Å². The number of nitrogens with zero attached hydrogens (tertiary/aromatic N) is 2. The number of piperazine rings is 3. The molecule has 3 saturated heterocycles. The van der Waals surface area contributed by atoms with Crippen LogP contribution in [0.3, 0.4) is 0 Å². The van der Waals surface area contributed by atoms with Gasteiger partial charge in [0, 0.05) is 44.3 Å². The van der Waals surface area contributed by atoms with Crippen molar-refractivity contribution in [1.82, 2.24) is 15.1 Å². The van der Waals surface area contributed by atoms with Gasteiger partial charge in [-0.15, -0.1) is 0 Å². The molecule has 2 unspecified atom stereocenters. The van der Waals surface area contributed by atoms with Crippen LogP contribution in [0.15, 0.2) is 18.2 Å². The van der Waals surface area contributed by atoms with Crippen LogP contribution in [0.25, 0.3) is 0 Å². The smallest absolute Gasteiger partial charge is 0.123 e. The highest BCUT2D eigenvalue weighted by molar-refractivity contribution is 5.40. The summed E-state index contributed by atoms with van der Waals surface area (Å²) in [5.74, 6) is 1.00. The number of nitrogens with one attached hydrogen (secondary N) is 1. The Kier molecular flexibility index (Phi) is 4.48. The zero-order valence-corrected chi connectivity index (χ0v) is 13.4. The molecule has 0 spiro atoms. The fourth-order valence-electron chi connectivity index (χ4n) is 3.74. The van der Waals surface area contributed by atoms with Crippen molar-refractivity contribution in [3.05, 3.63) is 29.3 Å². The van der Waals surface area contributed by atoms with Gasteiger partial charge < -0.3 is 10.1 Å². The number of benzene rings is 1. The minimum atomic E-state index is 0.341. The fraction of sp³-hybridized carbons (Fsp3) is 0.647. The van der Waals surface area contributed by atoms with Crippen LogP contribution in [0.2, 0.25) is 0 Å². The Morgan fingerprint density at radius 3 is 2.62 bits per heavy atom. The first kappa shape index (κ1) is 14.8. The molecule has 0 aromatic heterocycles. The van der Waals surface area contributed by atoms with E-state index in [1.807, 2.05) is 0 Å². The van der Waals surface area contributed by atoms with Crippen LogP contribution in [0.1, 0.15) is 24.1 Å². The van der Waals surface area contributed by atoms with E-state index in [0.717, 1.165) is 18.8 Å². The SMILES string of the molecule is CCNC(c1cc(C)ccc1OC)C1CN2CCN1CC2. The van der Waals surface area contributed by atoms with Gasteiger partial charge in [-0.2, -0.15) is 0 Å². The lowest BCUT2D eigenvalue weighted by Gasteiger charge is -2.50. The molecule has 4 heteroatoms. The summed E-state index contributed by atoms with van der Waals surface area (Å²) in [5, 5.41) is 3.71. The standard InChI is InChI=1S/C17H27N3O/c1-4-18-17(14-11-13(2)5-6-16(14)21-3)15-12-19-7-9-20(15)10-8-19/h5-6,11,15,17-18H,4,7-10,12H2,1-3H3. The molecule has 2 bridgehead atoms. The molecule has 3 aliphatic rings. The second-order valence-electron chi connectivity index (χ2n) is 6.18. The highest BCUT2D eigenvalue weighted by Crippen LogP contribution is 2.33. The molecular formula is C17H27N3O. The summed E-state index contributed by atoms with van der Waals surface area (Å²) in [6.07, 6.45) is 0. The van der Waals surface area contributed by atoms with E-state index in [4.69, 9.17) is 4.74 Å². The molecule has 1 aromatic rings. The first-order chi connectivity index (χ1) is 10.2. The van der Waals surface area contributed by atoms with Crippen molar-refractivity contribution in [2.45, 2.75) is 25.9 Å². The molecule has 0 saturated carbocycles. The van der Waals surface area contributed by atoms with Gasteiger partial charge in [0.1, 0.15) is 5.75 Å². The van der Waals surface area contributed by atoms with E-state index >= 15 is 0 Å². The lowest BCUT2D eigenvalue weighted by atomic mass is 9.92. The molecule has 3 heterocycles. The van der Waals surface area contributed by atoms with Crippen LogP contribution in [-0.2, 0) is 0 Å². The third-order valence-corrected chi connectivity index (χ3v) is 4.85. The zero-order chi connectivity index (χ0) is 14.8. The monoisotopic (exact) mass is 289 g/mol. The lowest BCUT2D eigenvalue weighted by molar-refractivity contribution is -0.00375. The zero-order valence-electron chi connectivity index (χ0n) is 13.4. The van der Waals surface area contributed by atoms with Crippen molar-refractivity contribution in [3.63, 3.8) is 0 Å². The van der Waals surface area contributed by atoms with Crippen molar-refractivity contribution < 1.29 is 4.74 Å². The van der Waals surface area contributed by atoms with Crippen LogP contribution < -0.4 is 10.1 Å².